The van der Waals surface area contributed by atoms with Crippen LogP contribution in [0.3, 0.4) is 0 Å². The smallest absolute Gasteiger partial charge is 0.243 e. The van der Waals surface area contributed by atoms with Crippen molar-refractivity contribution in [1.82, 2.24) is 10.3 Å². The Morgan fingerprint density at radius 3 is 2.76 bits per heavy atom. The number of benzene rings is 1. The van der Waals surface area contributed by atoms with Gasteiger partial charge in [-0.05, 0) is 18.6 Å². The number of anilines is 1. The third-order valence-corrected chi connectivity index (χ3v) is 3.11. The zero-order valence-corrected chi connectivity index (χ0v) is 12.1. The Bertz CT molecular complexity index is 635. The molecule has 0 spiro atoms. The van der Waals surface area contributed by atoms with Gasteiger partial charge in [0.2, 0.25) is 11.8 Å². The maximum atomic E-state index is 11.9. The number of pyridine rings is 1. The first-order valence-corrected chi connectivity index (χ1v) is 7.11. The molecule has 0 unspecified atom stereocenters. The molecule has 0 saturated heterocycles. The molecular formula is C16H19N3O2. The summed E-state index contributed by atoms with van der Waals surface area (Å²) in [6, 6.07) is 9.38. The van der Waals surface area contributed by atoms with Gasteiger partial charge in [0.15, 0.2) is 0 Å². The lowest BCUT2D eigenvalue weighted by Gasteiger charge is -2.08. The van der Waals surface area contributed by atoms with E-state index in [4.69, 9.17) is 0 Å². The summed E-state index contributed by atoms with van der Waals surface area (Å²) in [6.07, 6.45) is 3.94. The zero-order valence-electron chi connectivity index (χ0n) is 12.1. The highest BCUT2D eigenvalue weighted by molar-refractivity contribution is 6.01. The van der Waals surface area contributed by atoms with E-state index in [0.717, 1.165) is 23.7 Å². The maximum absolute atomic E-state index is 11.9. The van der Waals surface area contributed by atoms with E-state index in [-0.39, 0.29) is 18.4 Å². The number of aromatic nitrogens is 1. The molecule has 2 amide bonds. The van der Waals surface area contributed by atoms with Gasteiger partial charge in [-0.25, -0.2) is 0 Å². The van der Waals surface area contributed by atoms with Gasteiger partial charge in [-0.1, -0.05) is 31.5 Å². The Labute approximate surface area is 123 Å². The number of carbonyl (C=O) groups excluding carboxylic acids is 2. The molecule has 1 heterocycles. The first kappa shape index (κ1) is 15.0. The van der Waals surface area contributed by atoms with Crippen molar-refractivity contribution in [2.45, 2.75) is 26.2 Å². The summed E-state index contributed by atoms with van der Waals surface area (Å²) in [5.41, 5.74) is 1.39. The van der Waals surface area contributed by atoms with Crippen LogP contribution in [0.4, 0.5) is 5.69 Å². The lowest BCUT2D eigenvalue weighted by molar-refractivity contribution is -0.124. The van der Waals surface area contributed by atoms with E-state index < -0.39 is 0 Å². The van der Waals surface area contributed by atoms with E-state index in [1.54, 1.807) is 12.3 Å². The number of amides is 2. The minimum Gasteiger partial charge on any atom is -0.347 e. The highest BCUT2D eigenvalue weighted by Crippen LogP contribution is 2.20. The molecule has 0 aliphatic heterocycles. The van der Waals surface area contributed by atoms with E-state index in [9.17, 15) is 9.59 Å². The van der Waals surface area contributed by atoms with Gasteiger partial charge in [0.05, 0.1) is 17.7 Å². The van der Waals surface area contributed by atoms with Gasteiger partial charge in [-0.2, -0.15) is 0 Å². The second-order valence-electron chi connectivity index (χ2n) is 4.81. The molecule has 0 aliphatic carbocycles. The molecule has 0 saturated carbocycles. The minimum atomic E-state index is -0.252. The second kappa shape index (κ2) is 7.38. The molecule has 0 bridgehead atoms. The molecule has 0 fully saturated rings. The highest BCUT2D eigenvalue weighted by atomic mass is 16.2. The summed E-state index contributed by atoms with van der Waals surface area (Å²) in [5, 5.41) is 6.35. The predicted octanol–water partition coefficient (Wildman–Crippen LogP) is 2.48. The van der Waals surface area contributed by atoms with Crippen LogP contribution in [0.15, 0.2) is 36.5 Å². The van der Waals surface area contributed by atoms with Crippen LogP contribution >= 0.6 is 0 Å². The predicted molar refractivity (Wildman–Crippen MR) is 82.9 cm³/mol. The van der Waals surface area contributed by atoms with Crippen molar-refractivity contribution in [2.24, 2.45) is 0 Å². The number of nitrogens with zero attached hydrogens (tertiary/aromatic N) is 1. The molecule has 5 nitrogen and oxygen atoms in total. The molecule has 2 aromatic rings. The molecule has 1 aromatic carbocycles. The Morgan fingerprint density at radius 2 is 1.95 bits per heavy atom. The average molecular weight is 285 g/mol. The Balaban J connectivity index is 1.94. The molecule has 0 radical (unpaired) electrons. The topological polar surface area (TPSA) is 71.1 Å². The highest BCUT2D eigenvalue weighted by Gasteiger charge is 2.08. The fourth-order valence-corrected chi connectivity index (χ4v) is 2.00. The van der Waals surface area contributed by atoms with Crippen molar-refractivity contribution in [1.29, 1.82) is 0 Å². The Hall–Kier alpha value is -2.43. The number of nitrogens with one attached hydrogen (secondary N) is 2. The summed E-state index contributed by atoms with van der Waals surface area (Å²) in [5.74, 6) is -0.346. The molecule has 2 rings (SSSR count). The first-order chi connectivity index (χ1) is 10.2. The monoisotopic (exact) mass is 285 g/mol. The van der Waals surface area contributed by atoms with E-state index in [1.807, 2.05) is 31.2 Å². The molecule has 0 atom stereocenters. The molecule has 21 heavy (non-hydrogen) atoms. The molecule has 2 N–H and O–H groups in total. The zero-order chi connectivity index (χ0) is 15.1. The van der Waals surface area contributed by atoms with E-state index in [0.29, 0.717) is 12.1 Å². The third-order valence-electron chi connectivity index (χ3n) is 3.11. The molecule has 110 valence electrons. The van der Waals surface area contributed by atoms with E-state index >= 15 is 0 Å². The largest absolute Gasteiger partial charge is 0.347 e. The first-order valence-electron chi connectivity index (χ1n) is 7.11. The number of unbranched alkanes of at least 4 members (excludes halogenated alkanes) is 1. The van der Waals surface area contributed by atoms with Crippen LogP contribution in [0.5, 0.6) is 0 Å². The van der Waals surface area contributed by atoms with Gasteiger partial charge in [0, 0.05) is 18.0 Å². The molecular weight excluding hydrogens is 266 g/mol. The number of hydrogen-bond donors (Lipinski definition) is 2. The summed E-state index contributed by atoms with van der Waals surface area (Å²) in [7, 11) is 0. The van der Waals surface area contributed by atoms with Crippen LogP contribution < -0.4 is 10.6 Å². The summed E-state index contributed by atoms with van der Waals surface area (Å²) < 4.78 is 0. The fourth-order valence-electron chi connectivity index (χ4n) is 2.00. The van der Waals surface area contributed by atoms with Crippen molar-refractivity contribution in [3.8, 4) is 0 Å². The fraction of sp³-hybridized carbons (Fsp3) is 0.312. The van der Waals surface area contributed by atoms with Crippen LogP contribution in [0, 0.1) is 0 Å². The van der Waals surface area contributed by atoms with Crippen LogP contribution in [0.2, 0.25) is 0 Å². The van der Waals surface area contributed by atoms with Gasteiger partial charge in [0.25, 0.3) is 0 Å². The minimum absolute atomic E-state index is 0.0221. The van der Waals surface area contributed by atoms with E-state index in [2.05, 4.69) is 15.6 Å². The number of hydrogen-bond acceptors (Lipinski definition) is 3. The van der Waals surface area contributed by atoms with Crippen LogP contribution in [0.1, 0.15) is 26.2 Å². The van der Waals surface area contributed by atoms with Crippen molar-refractivity contribution < 1.29 is 9.59 Å². The van der Waals surface area contributed by atoms with Gasteiger partial charge >= 0.3 is 0 Å². The summed E-state index contributed by atoms with van der Waals surface area (Å²) in [6.45, 7) is 2.00. The lowest BCUT2D eigenvalue weighted by atomic mass is 10.2. The van der Waals surface area contributed by atoms with Gasteiger partial charge in [0.1, 0.15) is 0 Å². The Morgan fingerprint density at radius 1 is 1.14 bits per heavy atom. The van der Waals surface area contributed by atoms with Gasteiger partial charge < -0.3 is 10.6 Å². The van der Waals surface area contributed by atoms with Crippen molar-refractivity contribution in [2.75, 3.05) is 11.9 Å². The Kier molecular flexibility index (Phi) is 5.26. The number of carbonyl (C=O) groups is 2. The van der Waals surface area contributed by atoms with Crippen molar-refractivity contribution in [3.05, 3.63) is 36.5 Å². The van der Waals surface area contributed by atoms with E-state index in [1.165, 1.54) is 0 Å². The summed E-state index contributed by atoms with van der Waals surface area (Å²) in [4.78, 5) is 27.6. The van der Waals surface area contributed by atoms with Crippen LogP contribution in [-0.2, 0) is 9.59 Å². The maximum Gasteiger partial charge on any atom is 0.243 e. The van der Waals surface area contributed by atoms with Crippen LogP contribution in [-0.4, -0.2) is 23.3 Å². The number of rotatable bonds is 6. The average Bonchev–Trinajstić information content (AvgIpc) is 2.51. The molecule has 1 aromatic heterocycles. The van der Waals surface area contributed by atoms with Crippen molar-refractivity contribution >= 4 is 28.4 Å². The number of fused-ring (bicyclic) bond motifs is 1. The van der Waals surface area contributed by atoms with Gasteiger partial charge in [-0.3, -0.25) is 14.6 Å². The summed E-state index contributed by atoms with van der Waals surface area (Å²) >= 11 is 0. The molecule has 5 heteroatoms. The molecule has 0 aliphatic rings. The van der Waals surface area contributed by atoms with Gasteiger partial charge in [-0.15, -0.1) is 0 Å². The number of para-hydroxylation sites is 1. The van der Waals surface area contributed by atoms with Crippen molar-refractivity contribution in [3.63, 3.8) is 0 Å². The normalized spacial score (nSPS) is 10.3. The quantitative estimate of drug-likeness (QED) is 0.856. The second-order valence-corrected chi connectivity index (χ2v) is 4.81. The third kappa shape index (κ3) is 4.27. The lowest BCUT2D eigenvalue weighted by Crippen LogP contribution is -2.32. The van der Waals surface area contributed by atoms with Crippen LogP contribution in [0.25, 0.3) is 10.9 Å². The SMILES string of the molecule is CCCCC(=O)NCC(=O)Nc1cccc2cccnc12. The standard InChI is InChI=1S/C16H19N3O2/c1-2-3-9-14(20)18-11-15(21)19-13-8-4-6-12-7-5-10-17-16(12)13/h4-8,10H,2-3,9,11H2,1H3,(H,18,20)(H,19,21).